The van der Waals surface area contributed by atoms with Crippen LogP contribution in [0.3, 0.4) is 0 Å². The van der Waals surface area contributed by atoms with Crippen LogP contribution in [0.2, 0.25) is 0 Å². The molecule has 0 aromatic carbocycles. The molecular formula is C39H62N2P2. The smallest absolute Gasteiger partial charge is 0.0178 e. The lowest BCUT2D eigenvalue weighted by molar-refractivity contribution is 0.0131. The molecule has 0 radical (unpaired) electrons. The normalized spacial score (nSPS) is 50.3. The largest absolute Gasteiger partial charge is 0.316 e. The van der Waals surface area contributed by atoms with Gasteiger partial charge in [0, 0.05) is 11.1 Å². The zero-order valence-electron chi connectivity index (χ0n) is 27.7. The average Bonchev–Trinajstić information content (AvgIpc) is 3.74. The maximum Gasteiger partial charge on any atom is 0.0178 e. The third-order valence-electron chi connectivity index (χ3n) is 15.5. The molecule has 2 nitrogen and oxygen atoms in total. The molecule has 0 aromatic rings. The molecular weight excluding hydrogens is 558 g/mol. The summed E-state index contributed by atoms with van der Waals surface area (Å²) in [6.07, 6.45) is 26.1. The molecule has 11 aliphatic rings. The van der Waals surface area contributed by atoms with Gasteiger partial charge in [-0.1, -0.05) is 40.8 Å². The number of hydrogen-bond donors (Lipinski definition) is 2. The van der Waals surface area contributed by atoms with E-state index in [1.807, 2.05) is 11.1 Å². The average molecular weight is 621 g/mol. The highest BCUT2D eigenvalue weighted by Gasteiger charge is 2.58. The molecule has 4 heteroatoms. The Morgan fingerprint density at radius 3 is 1.49 bits per heavy atom. The zero-order chi connectivity index (χ0) is 29.1. The SMILES string of the molecule is CC(C)(C)C1C=C(CP(C2C3CC4CC(C3)CC2C4)C2C3CC4CC(C3)CC2C4)C(C(P)(C2CCNC2)C2CCNC2)=C1. The molecule has 0 aromatic heterocycles. The summed E-state index contributed by atoms with van der Waals surface area (Å²) in [5.74, 6) is 10.9. The fourth-order valence-corrected chi connectivity index (χ4v) is 19.6. The lowest BCUT2D eigenvalue weighted by Crippen LogP contribution is -2.53. The van der Waals surface area contributed by atoms with Crippen molar-refractivity contribution in [3.63, 3.8) is 0 Å². The van der Waals surface area contributed by atoms with Gasteiger partial charge >= 0.3 is 0 Å². The first-order valence-electron chi connectivity index (χ1n) is 19.1. The van der Waals surface area contributed by atoms with E-state index in [1.165, 1.54) is 45.2 Å². The Labute approximate surface area is 267 Å². The van der Waals surface area contributed by atoms with E-state index < -0.39 is 0 Å². The van der Waals surface area contributed by atoms with Crippen molar-refractivity contribution >= 4 is 17.2 Å². The van der Waals surface area contributed by atoms with Crippen molar-refractivity contribution < 1.29 is 0 Å². The fourth-order valence-electron chi connectivity index (χ4n) is 14.1. The Morgan fingerprint density at radius 2 is 1.12 bits per heavy atom. The molecule has 11 rings (SSSR count). The zero-order valence-corrected chi connectivity index (χ0v) is 29.8. The first-order valence-corrected chi connectivity index (χ1v) is 21.4. The van der Waals surface area contributed by atoms with Crippen molar-refractivity contribution in [2.75, 3.05) is 32.3 Å². The van der Waals surface area contributed by atoms with E-state index in [0.29, 0.717) is 11.3 Å². The molecule has 4 atom stereocenters. The third kappa shape index (κ3) is 4.90. The second kappa shape index (κ2) is 10.9. The van der Waals surface area contributed by atoms with E-state index in [4.69, 9.17) is 0 Å². The number of hydrogen-bond acceptors (Lipinski definition) is 2. The third-order valence-corrected chi connectivity index (χ3v) is 20.7. The molecule has 10 fully saturated rings. The molecule has 8 bridgehead atoms. The van der Waals surface area contributed by atoms with Gasteiger partial charge in [0.2, 0.25) is 0 Å². The predicted octanol–water partition coefficient (Wildman–Crippen LogP) is 8.48. The van der Waals surface area contributed by atoms with Gasteiger partial charge < -0.3 is 10.6 Å². The Bertz CT molecular complexity index is 1020. The van der Waals surface area contributed by atoms with Gasteiger partial charge in [0.15, 0.2) is 0 Å². The van der Waals surface area contributed by atoms with Crippen molar-refractivity contribution in [2.45, 2.75) is 114 Å². The van der Waals surface area contributed by atoms with E-state index in [1.54, 1.807) is 64.2 Å². The minimum Gasteiger partial charge on any atom is -0.316 e. The molecule has 238 valence electrons. The number of allylic oxidation sites excluding steroid dienone is 4. The summed E-state index contributed by atoms with van der Waals surface area (Å²) in [5, 5.41) is 7.87. The highest BCUT2D eigenvalue weighted by Crippen LogP contribution is 2.72. The quantitative estimate of drug-likeness (QED) is 0.279. The van der Waals surface area contributed by atoms with Crippen LogP contribution in [0.1, 0.15) is 97.8 Å². The lowest BCUT2D eigenvalue weighted by atomic mass is 9.55. The summed E-state index contributed by atoms with van der Waals surface area (Å²) < 4.78 is 0. The molecule has 0 amide bonds. The van der Waals surface area contributed by atoms with Crippen LogP contribution in [0.15, 0.2) is 23.3 Å². The highest BCUT2D eigenvalue weighted by atomic mass is 31.1. The minimum absolute atomic E-state index is 0.0258. The van der Waals surface area contributed by atoms with E-state index in [0.717, 1.165) is 70.5 Å². The summed E-state index contributed by atoms with van der Waals surface area (Å²) in [6.45, 7) is 12.4. The monoisotopic (exact) mass is 620 g/mol. The first kappa shape index (κ1) is 29.4. The molecule has 2 aliphatic heterocycles. The summed E-state index contributed by atoms with van der Waals surface area (Å²) in [5.41, 5.74) is 6.21. The van der Waals surface area contributed by atoms with Gasteiger partial charge in [-0.15, -0.1) is 9.24 Å². The van der Waals surface area contributed by atoms with Gasteiger partial charge in [0.1, 0.15) is 0 Å². The summed E-state index contributed by atoms with van der Waals surface area (Å²) in [6, 6.07) is 0. The van der Waals surface area contributed by atoms with Crippen LogP contribution in [0, 0.1) is 70.5 Å². The van der Waals surface area contributed by atoms with Gasteiger partial charge in [-0.25, -0.2) is 0 Å². The minimum atomic E-state index is 0.0258. The van der Waals surface area contributed by atoms with E-state index in [-0.39, 0.29) is 13.1 Å². The van der Waals surface area contributed by atoms with Crippen molar-refractivity contribution in [3.8, 4) is 0 Å². The fraction of sp³-hybridized carbons (Fsp3) is 0.897. The molecule has 2 heterocycles. The molecule has 9 aliphatic carbocycles. The maximum atomic E-state index is 3.82. The Balaban J connectivity index is 1.11. The van der Waals surface area contributed by atoms with E-state index in [9.17, 15) is 0 Å². The summed E-state index contributed by atoms with van der Waals surface area (Å²) >= 11 is 0. The Morgan fingerprint density at radius 1 is 0.674 bits per heavy atom. The van der Waals surface area contributed by atoms with Gasteiger partial charge in [-0.05, 0) is 196 Å². The summed E-state index contributed by atoms with van der Waals surface area (Å²) in [4.78, 5) is 0. The van der Waals surface area contributed by atoms with Gasteiger partial charge in [-0.3, -0.25) is 0 Å². The van der Waals surface area contributed by atoms with Crippen molar-refractivity contribution in [1.82, 2.24) is 10.6 Å². The van der Waals surface area contributed by atoms with Crippen LogP contribution in [-0.4, -0.2) is 48.8 Å². The van der Waals surface area contributed by atoms with Gasteiger partial charge in [0.25, 0.3) is 0 Å². The predicted molar refractivity (Wildman–Crippen MR) is 187 cm³/mol. The molecule has 43 heavy (non-hydrogen) atoms. The van der Waals surface area contributed by atoms with Crippen molar-refractivity contribution in [1.29, 1.82) is 0 Å². The molecule has 2 saturated heterocycles. The van der Waals surface area contributed by atoms with E-state index in [2.05, 4.69) is 52.8 Å². The summed E-state index contributed by atoms with van der Waals surface area (Å²) in [7, 11) is 3.66. The van der Waals surface area contributed by atoms with Gasteiger partial charge in [-0.2, -0.15) is 0 Å². The molecule has 8 saturated carbocycles. The topological polar surface area (TPSA) is 24.1 Å². The number of rotatable bonds is 7. The lowest BCUT2D eigenvalue weighted by Gasteiger charge is -2.62. The van der Waals surface area contributed by atoms with Crippen molar-refractivity contribution in [2.24, 2.45) is 70.5 Å². The number of nitrogens with one attached hydrogen (secondary N) is 2. The van der Waals surface area contributed by atoms with E-state index >= 15 is 0 Å². The Kier molecular flexibility index (Phi) is 7.45. The second-order valence-electron chi connectivity index (χ2n) is 19.0. The van der Waals surface area contributed by atoms with Crippen LogP contribution in [0.4, 0.5) is 0 Å². The van der Waals surface area contributed by atoms with Crippen LogP contribution in [0.25, 0.3) is 0 Å². The standard InChI is InChI=1S/C39H62N2P2/c1-38(2,3)34-18-31(35(19-34)39(42,32-4-6-40-20-32)33-5-7-41-21-33)22-43(36-27-10-23-8-24(12-27)13-28(36)11-23)37-29-14-25-9-26(16-29)17-30(37)15-25/h18-19,23-30,32-34,36-37,40-41H,4-17,20-22,42H2,1-3H3. The molecule has 2 N–H and O–H groups in total. The van der Waals surface area contributed by atoms with Crippen LogP contribution in [-0.2, 0) is 0 Å². The van der Waals surface area contributed by atoms with Crippen LogP contribution >= 0.6 is 17.2 Å². The van der Waals surface area contributed by atoms with Crippen LogP contribution in [0.5, 0.6) is 0 Å². The highest BCUT2D eigenvalue weighted by molar-refractivity contribution is 7.59. The molecule has 0 spiro atoms. The second-order valence-corrected chi connectivity index (χ2v) is 22.5. The molecule has 4 unspecified atom stereocenters. The first-order chi connectivity index (χ1) is 20.7. The van der Waals surface area contributed by atoms with Crippen LogP contribution < -0.4 is 10.6 Å². The maximum absolute atomic E-state index is 3.82. The van der Waals surface area contributed by atoms with Crippen molar-refractivity contribution in [3.05, 3.63) is 23.3 Å². The Hall–Kier alpha value is 0.260. The van der Waals surface area contributed by atoms with Gasteiger partial charge in [0.05, 0.1) is 0 Å².